The largest absolute Gasteiger partial charge is 0.508 e. The van der Waals surface area contributed by atoms with Crippen molar-refractivity contribution < 1.29 is 49.4 Å². The molecule has 0 saturated heterocycles. The second kappa shape index (κ2) is 10.0. The van der Waals surface area contributed by atoms with Crippen LogP contribution in [-0.2, 0) is 23.9 Å². The highest BCUT2D eigenvalue weighted by molar-refractivity contribution is 6.23. The Labute approximate surface area is 223 Å². The van der Waals surface area contributed by atoms with Gasteiger partial charge in [-0.15, -0.1) is 0 Å². The number of anilines is 1. The van der Waals surface area contributed by atoms with Crippen molar-refractivity contribution in [1.29, 1.82) is 0 Å². The van der Waals surface area contributed by atoms with E-state index in [1.54, 1.807) is 19.9 Å². The van der Waals surface area contributed by atoms with Crippen LogP contribution in [0.2, 0.25) is 0 Å². The van der Waals surface area contributed by atoms with E-state index in [-0.39, 0.29) is 17.9 Å². The second-order valence-corrected chi connectivity index (χ2v) is 10.1. The van der Waals surface area contributed by atoms with Crippen LogP contribution in [-0.4, -0.2) is 73.3 Å². The van der Waals surface area contributed by atoms with Crippen LogP contribution >= 0.6 is 0 Å². The minimum Gasteiger partial charge on any atom is -0.508 e. The number of ketones is 2. The van der Waals surface area contributed by atoms with E-state index in [4.69, 9.17) is 10.5 Å². The van der Waals surface area contributed by atoms with Crippen LogP contribution in [0, 0.1) is 11.8 Å². The molecule has 0 aromatic heterocycles. The number of carbonyl (C=O) groups excluding carboxylic acids is 4. The van der Waals surface area contributed by atoms with Gasteiger partial charge in [0, 0.05) is 23.8 Å². The number of primary amides is 1. The van der Waals surface area contributed by atoms with Crippen LogP contribution < -0.4 is 11.1 Å². The van der Waals surface area contributed by atoms with Crippen LogP contribution in [0.25, 0.3) is 5.76 Å². The van der Waals surface area contributed by atoms with E-state index >= 15 is 0 Å². The first-order valence-corrected chi connectivity index (χ1v) is 12.8. The van der Waals surface area contributed by atoms with E-state index in [0.717, 1.165) is 0 Å². The molecule has 12 heteroatoms. The summed E-state index contributed by atoms with van der Waals surface area (Å²) in [7, 11) is 0. The van der Waals surface area contributed by atoms with Crippen LogP contribution in [0.1, 0.15) is 57.1 Å². The number of phenols is 1. The third-order valence-corrected chi connectivity index (χ3v) is 7.98. The molecule has 1 aromatic rings. The van der Waals surface area contributed by atoms with Gasteiger partial charge < -0.3 is 41.3 Å². The van der Waals surface area contributed by atoms with Gasteiger partial charge in [0.15, 0.2) is 11.4 Å². The molecule has 6 unspecified atom stereocenters. The third-order valence-electron chi connectivity index (χ3n) is 7.98. The number of hydrogen-bond donors (Lipinski definition) is 7. The van der Waals surface area contributed by atoms with Crippen LogP contribution in [0.3, 0.4) is 0 Å². The Kier molecular flexibility index (Phi) is 7.21. The molecule has 0 bridgehead atoms. The molecule has 1 saturated carbocycles. The van der Waals surface area contributed by atoms with Gasteiger partial charge in [0.05, 0.1) is 24.0 Å². The van der Waals surface area contributed by atoms with Crippen molar-refractivity contribution in [2.45, 2.75) is 63.7 Å². The monoisotopic (exact) mass is 544 g/mol. The highest BCUT2D eigenvalue weighted by atomic mass is 16.5. The quantitative estimate of drug-likeness (QED) is 0.146. The molecule has 6 atom stereocenters. The van der Waals surface area contributed by atoms with Crippen LogP contribution in [0.5, 0.6) is 5.75 Å². The summed E-state index contributed by atoms with van der Waals surface area (Å²) in [5.41, 5.74) is 1.13. The first-order valence-electron chi connectivity index (χ1n) is 12.8. The molecule has 3 aliphatic rings. The standard InChI is InChI=1S/C27H32N2O10/c1-4-6-14(26(37)39-5-2)29-13-8-7-11-10(3)16-19(22(33)17(11)21(13)32)24(35)27(38)12(20(16)31)9-15(30)18(23(27)34)25(28)36/h7-8,10,12,14,16,20,29,31-34,38H,4-6,9H2,1-3H3,(H2,28,36). The van der Waals surface area contributed by atoms with Gasteiger partial charge in [-0.25, -0.2) is 4.79 Å². The molecule has 0 spiro atoms. The lowest BCUT2D eigenvalue weighted by Crippen LogP contribution is -2.63. The van der Waals surface area contributed by atoms with Crippen molar-refractivity contribution in [2.75, 3.05) is 11.9 Å². The molecule has 39 heavy (non-hydrogen) atoms. The Morgan fingerprint density at radius 3 is 2.46 bits per heavy atom. The zero-order valence-electron chi connectivity index (χ0n) is 21.7. The summed E-state index contributed by atoms with van der Waals surface area (Å²) in [6, 6.07) is 2.25. The van der Waals surface area contributed by atoms with E-state index in [1.165, 1.54) is 6.07 Å². The number of carbonyl (C=O) groups is 4. The number of benzene rings is 1. The second-order valence-electron chi connectivity index (χ2n) is 10.1. The van der Waals surface area contributed by atoms with Crippen molar-refractivity contribution >= 4 is 34.9 Å². The fraction of sp³-hybridized carbons (Fsp3) is 0.481. The highest BCUT2D eigenvalue weighted by Gasteiger charge is 2.64. The normalized spacial score (nSPS) is 28.8. The van der Waals surface area contributed by atoms with Gasteiger partial charge in [-0.05, 0) is 30.9 Å². The highest BCUT2D eigenvalue weighted by Crippen LogP contribution is 2.56. The number of esters is 1. The van der Waals surface area contributed by atoms with Gasteiger partial charge in [-0.3, -0.25) is 14.4 Å². The number of amides is 1. The lowest BCUT2D eigenvalue weighted by atomic mass is 9.55. The van der Waals surface area contributed by atoms with Gasteiger partial charge in [-0.1, -0.05) is 26.3 Å². The summed E-state index contributed by atoms with van der Waals surface area (Å²) in [6.07, 6.45) is -1.25. The number of ether oxygens (including phenoxy) is 1. The van der Waals surface area contributed by atoms with E-state index in [2.05, 4.69) is 5.32 Å². The summed E-state index contributed by atoms with van der Waals surface area (Å²) < 4.78 is 5.09. The predicted octanol–water partition coefficient (Wildman–Crippen LogP) is 1.10. The summed E-state index contributed by atoms with van der Waals surface area (Å²) in [5, 5.41) is 58.8. The topological polar surface area (TPSA) is 217 Å². The number of rotatable bonds is 7. The Morgan fingerprint density at radius 2 is 1.87 bits per heavy atom. The molecule has 8 N–H and O–H groups in total. The summed E-state index contributed by atoms with van der Waals surface area (Å²) in [5.74, 6) is -9.90. The Hall–Kier alpha value is -3.90. The molecule has 1 amide bonds. The molecule has 0 aliphatic heterocycles. The molecular formula is C27H32N2O10. The average Bonchev–Trinajstić information content (AvgIpc) is 2.87. The van der Waals surface area contributed by atoms with Crippen molar-refractivity contribution in [2.24, 2.45) is 17.6 Å². The lowest BCUT2D eigenvalue weighted by molar-refractivity contribution is -0.160. The molecule has 3 aliphatic carbocycles. The molecule has 0 radical (unpaired) electrons. The average molecular weight is 545 g/mol. The van der Waals surface area contributed by atoms with Gasteiger partial charge in [-0.2, -0.15) is 0 Å². The Morgan fingerprint density at radius 1 is 1.21 bits per heavy atom. The maximum atomic E-state index is 13.7. The molecule has 4 rings (SSSR count). The maximum absolute atomic E-state index is 13.7. The van der Waals surface area contributed by atoms with E-state index in [9.17, 15) is 44.7 Å². The van der Waals surface area contributed by atoms with E-state index in [0.29, 0.717) is 18.4 Å². The smallest absolute Gasteiger partial charge is 0.328 e. The van der Waals surface area contributed by atoms with Gasteiger partial charge in [0.1, 0.15) is 28.9 Å². The Bertz CT molecular complexity index is 1330. The van der Waals surface area contributed by atoms with Crippen molar-refractivity contribution in [3.8, 4) is 5.75 Å². The zero-order valence-corrected chi connectivity index (χ0v) is 21.7. The van der Waals surface area contributed by atoms with Crippen LogP contribution in [0.15, 0.2) is 29.0 Å². The number of nitrogens with one attached hydrogen (secondary N) is 1. The van der Waals surface area contributed by atoms with Crippen LogP contribution in [0.4, 0.5) is 5.69 Å². The minimum atomic E-state index is -2.91. The summed E-state index contributed by atoms with van der Waals surface area (Å²) in [6.45, 7) is 5.32. The van der Waals surface area contributed by atoms with Gasteiger partial charge >= 0.3 is 5.97 Å². The van der Waals surface area contributed by atoms with E-state index in [1.807, 2.05) is 6.92 Å². The van der Waals surface area contributed by atoms with E-state index < -0.39 is 93.8 Å². The first kappa shape index (κ1) is 28.1. The number of fused-ring (bicyclic) bond motifs is 3. The number of phenolic OH excluding ortho intramolecular Hbond substituents is 1. The summed E-state index contributed by atoms with van der Waals surface area (Å²) >= 11 is 0. The number of aromatic hydroxyl groups is 1. The Balaban J connectivity index is 1.87. The number of aliphatic hydroxyl groups is 4. The number of aliphatic hydroxyl groups excluding tert-OH is 3. The zero-order chi connectivity index (χ0) is 29.0. The molecule has 1 aromatic carbocycles. The number of hydrogen-bond acceptors (Lipinski definition) is 11. The molecule has 1 fully saturated rings. The third kappa shape index (κ3) is 4.05. The van der Waals surface area contributed by atoms with Crippen molar-refractivity contribution in [3.05, 3.63) is 40.2 Å². The summed E-state index contributed by atoms with van der Waals surface area (Å²) in [4.78, 5) is 50.5. The molecular weight excluding hydrogens is 512 g/mol. The maximum Gasteiger partial charge on any atom is 0.328 e. The minimum absolute atomic E-state index is 0.0699. The predicted molar refractivity (Wildman–Crippen MR) is 136 cm³/mol. The van der Waals surface area contributed by atoms with Crippen molar-refractivity contribution in [1.82, 2.24) is 0 Å². The number of nitrogens with two attached hydrogens (primary N) is 1. The number of Topliss-reactive ketones (excluding diaryl/α,β-unsaturated/α-hetero) is 2. The van der Waals surface area contributed by atoms with Gasteiger partial charge in [0.2, 0.25) is 5.78 Å². The molecule has 12 nitrogen and oxygen atoms in total. The fourth-order valence-corrected chi connectivity index (χ4v) is 6.08. The molecule has 0 heterocycles. The fourth-order valence-electron chi connectivity index (χ4n) is 6.08. The SMILES string of the molecule is CCCC(Nc1ccc2c(c1O)C(O)=C1C(=O)C3(O)C(O)=C(C(N)=O)C(=O)CC3C(O)C1C2C)C(=O)OCC. The lowest BCUT2D eigenvalue weighted by Gasteiger charge is -2.50. The first-order chi connectivity index (χ1) is 18.3. The van der Waals surface area contributed by atoms with Gasteiger partial charge in [0.25, 0.3) is 5.91 Å². The van der Waals surface area contributed by atoms with Crippen molar-refractivity contribution in [3.63, 3.8) is 0 Å². The molecule has 210 valence electrons.